The smallest absolute Gasteiger partial charge is 0.223 e. The molecular formula is C23H31NO3. The minimum absolute atomic E-state index is 0.0535. The fraction of sp³-hybridized carbons (Fsp3) is 0.696. The second-order valence-electron chi connectivity index (χ2n) is 9.76. The maximum Gasteiger partial charge on any atom is 0.223 e. The molecule has 4 nitrogen and oxygen atoms in total. The lowest BCUT2D eigenvalue weighted by Crippen LogP contribution is -2.63. The van der Waals surface area contributed by atoms with E-state index in [9.17, 15) is 9.90 Å². The molecule has 0 aromatic heterocycles. The van der Waals surface area contributed by atoms with Crippen LogP contribution in [0.15, 0.2) is 30.3 Å². The maximum absolute atomic E-state index is 13.1. The first-order valence-corrected chi connectivity index (χ1v) is 10.6. The summed E-state index contributed by atoms with van der Waals surface area (Å²) in [5.74, 6) is 2.15. The van der Waals surface area contributed by atoms with E-state index in [1.807, 2.05) is 12.0 Å². The lowest BCUT2D eigenvalue weighted by molar-refractivity contribution is -0.208. The van der Waals surface area contributed by atoms with Gasteiger partial charge in [-0.25, -0.2) is 0 Å². The maximum atomic E-state index is 13.1. The average molecular weight is 370 g/mol. The van der Waals surface area contributed by atoms with Crippen LogP contribution in [-0.2, 0) is 16.0 Å². The third-order valence-electron chi connectivity index (χ3n) is 8.26. The van der Waals surface area contributed by atoms with Crippen molar-refractivity contribution in [3.63, 3.8) is 0 Å². The number of hydrogen-bond donors (Lipinski definition) is 1. The molecule has 4 bridgehead atoms. The minimum Gasteiger partial charge on any atom is -0.389 e. The van der Waals surface area contributed by atoms with E-state index in [1.165, 1.54) is 24.8 Å². The van der Waals surface area contributed by atoms with E-state index in [2.05, 4.69) is 30.3 Å². The number of methoxy groups -OCH3 is 1. The molecule has 2 unspecified atom stereocenters. The van der Waals surface area contributed by atoms with Gasteiger partial charge in [0.25, 0.3) is 0 Å². The van der Waals surface area contributed by atoms with Gasteiger partial charge in [0, 0.05) is 26.6 Å². The number of amides is 1. The lowest BCUT2D eigenvalue weighted by atomic mass is 9.42. The van der Waals surface area contributed by atoms with Crippen molar-refractivity contribution in [2.24, 2.45) is 23.2 Å². The Hall–Kier alpha value is -1.39. The number of β-amino-alcohol motifs (C(OH)–C–C–N with tert-alkyl or cyclic N) is 1. The van der Waals surface area contributed by atoms with Gasteiger partial charge in [-0.1, -0.05) is 30.3 Å². The molecule has 1 aliphatic heterocycles. The first kappa shape index (κ1) is 17.7. The van der Waals surface area contributed by atoms with Crippen LogP contribution >= 0.6 is 0 Å². The second-order valence-corrected chi connectivity index (χ2v) is 9.76. The normalized spacial score (nSPS) is 40.2. The van der Waals surface area contributed by atoms with Crippen molar-refractivity contribution in [2.75, 3.05) is 20.2 Å². The summed E-state index contributed by atoms with van der Waals surface area (Å²) < 4.78 is 6.06. The molecule has 1 saturated heterocycles. The van der Waals surface area contributed by atoms with Gasteiger partial charge in [-0.3, -0.25) is 4.79 Å². The second kappa shape index (κ2) is 6.31. The summed E-state index contributed by atoms with van der Waals surface area (Å²) in [6, 6.07) is 10.7. The topological polar surface area (TPSA) is 49.8 Å². The molecule has 4 aliphatic carbocycles. The van der Waals surface area contributed by atoms with E-state index in [1.54, 1.807) is 0 Å². The van der Waals surface area contributed by atoms with Crippen molar-refractivity contribution in [3.05, 3.63) is 35.9 Å². The van der Waals surface area contributed by atoms with Gasteiger partial charge in [0.15, 0.2) is 0 Å². The van der Waals surface area contributed by atoms with E-state index in [-0.39, 0.29) is 23.0 Å². The highest BCUT2D eigenvalue weighted by atomic mass is 16.5. The highest BCUT2D eigenvalue weighted by Gasteiger charge is 2.62. The van der Waals surface area contributed by atoms with Gasteiger partial charge in [-0.2, -0.15) is 0 Å². The minimum atomic E-state index is -0.325. The quantitative estimate of drug-likeness (QED) is 0.868. The van der Waals surface area contributed by atoms with Crippen LogP contribution in [0.1, 0.15) is 44.1 Å². The van der Waals surface area contributed by atoms with Gasteiger partial charge in [0.05, 0.1) is 11.7 Å². The first-order chi connectivity index (χ1) is 13.0. The molecule has 27 heavy (non-hydrogen) atoms. The van der Waals surface area contributed by atoms with E-state index >= 15 is 0 Å². The Labute approximate surface area is 161 Å². The SMILES string of the molecule is CO[C@]12CC3CC(C1)[C@@](CC(=O)N1CC(O)C1)(Cc1ccccc1)C(C3)C2. The molecule has 4 saturated carbocycles. The third-order valence-corrected chi connectivity index (χ3v) is 8.26. The Morgan fingerprint density at radius 2 is 1.81 bits per heavy atom. The summed E-state index contributed by atoms with van der Waals surface area (Å²) in [7, 11) is 1.89. The molecule has 0 spiro atoms. The van der Waals surface area contributed by atoms with E-state index < -0.39 is 0 Å². The zero-order valence-electron chi connectivity index (χ0n) is 16.3. The third kappa shape index (κ3) is 2.84. The monoisotopic (exact) mass is 369 g/mol. The highest BCUT2D eigenvalue weighted by Crippen LogP contribution is 2.66. The number of carbonyl (C=O) groups excluding carboxylic acids is 1. The number of nitrogens with zero attached hydrogens (tertiary/aromatic N) is 1. The Balaban J connectivity index is 1.46. The van der Waals surface area contributed by atoms with Crippen molar-refractivity contribution < 1.29 is 14.6 Å². The summed E-state index contributed by atoms with van der Waals surface area (Å²) in [6.07, 6.45) is 7.25. The number of carbonyl (C=O) groups is 1. The van der Waals surface area contributed by atoms with Crippen molar-refractivity contribution in [3.8, 4) is 0 Å². The molecule has 4 heteroatoms. The average Bonchev–Trinajstić information content (AvgIpc) is 2.63. The molecule has 2 atom stereocenters. The first-order valence-electron chi connectivity index (χ1n) is 10.6. The van der Waals surface area contributed by atoms with Crippen LogP contribution in [0.4, 0.5) is 0 Å². The number of rotatable bonds is 5. The fourth-order valence-corrected chi connectivity index (χ4v) is 7.04. The predicted octanol–water partition coefficient (Wildman–Crippen LogP) is 3.03. The van der Waals surface area contributed by atoms with Crippen molar-refractivity contribution in [1.82, 2.24) is 4.90 Å². The summed E-state index contributed by atoms with van der Waals surface area (Å²) >= 11 is 0. The van der Waals surface area contributed by atoms with Gasteiger partial charge in [0.2, 0.25) is 5.91 Å². The Morgan fingerprint density at radius 1 is 1.15 bits per heavy atom. The molecule has 1 amide bonds. The van der Waals surface area contributed by atoms with Crippen molar-refractivity contribution >= 4 is 5.91 Å². The molecule has 1 N–H and O–H groups in total. The Morgan fingerprint density at radius 3 is 2.41 bits per heavy atom. The van der Waals surface area contributed by atoms with E-state index in [4.69, 9.17) is 4.74 Å². The number of aliphatic hydroxyl groups is 1. The summed E-state index contributed by atoms with van der Waals surface area (Å²) in [5.41, 5.74) is 1.47. The van der Waals surface area contributed by atoms with Crippen LogP contribution in [0.5, 0.6) is 0 Å². The largest absolute Gasteiger partial charge is 0.389 e. The van der Waals surface area contributed by atoms with Crippen LogP contribution < -0.4 is 0 Å². The number of hydrogen-bond acceptors (Lipinski definition) is 3. The molecule has 1 heterocycles. The fourth-order valence-electron chi connectivity index (χ4n) is 7.04. The summed E-state index contributed by atoms with van der Waals surface area (Å²) in [5, 5.41) is 9.63. The zero-order valence-corrected chi connectivity index (χ0v) is 16.3. The van der Waals surface area contributed by atoms with Crippen LogP contribution in [0.3, 0.4) is 0 Å². The number of aliphatic hydroxyl groups excluding tert-OH is 1. The summed E-state index contributed by atoms with van der Waals surface area (Å²) in [4.78, 5) is 14.9. The van der Waals surface area contributed by atoms with Gasteiger partial charge >= 0.3 is 0 Å². The van der Waals surface area contributed by atoms with E-state index in [0.29, 0.717) is 31.3 Å². The van der Waals surface area contributed by atoms with Gasteiger partial charge < -0.3 is 14.7 Å². The predicted molar refractivity (Wildman–Crippen MR) is 103 cm³/mol. The molecule has 5 fully saturated rings. The molecule has 1 aromatic carbocycles. The Bertz CT molecular complexity index is 696. The van der Waals surface area contributed by atoms with E-state index in [0.717, 1.165) is 25.2 Å². The van der Waals surface area contributed by atoms with Crippen molar-refractivity contribution in [2.45, 2.75) is 56.7 Å². The molecule has 1 aromatic rings. The van der Waals surface area contributed by atoms with Crippen LogP contribution in [0.2, 0.25) is 0 Å². The number of benzene rings is 1. The Kier molecular flexibility index (Phi) is 4.14. The van der Waals surface area contributed by atoms with Gasteiger partial charge in [-0.05, 0) is 67.3 Å². The van der Waals surface area contributed by atoms with Gasteiger partial charge in [0.1, 0.15) is 0 Å². The zero-order chi connectivity index (χ0) is 18.6. The molecule has 146 valence electrons. The van der Waals surface area contributed by atoms with Crippen LogP contribution in [-0.4, -0.2) is 47.8 Å². The number of likely N-dealkylation sites (tertiary alicyclic amines) is 1. The molecular weight excluding hydrogens is 338 g/mol. The highest BCUT2D eigenvalue weighted by molar-refractivity contribution is 5.78. The molecule has 5 aliphatic rings. The van der Waals surface area contributed by atoms with Crippen molar-refractivity contribution in [1.29, 1.82) is 0 Å². The molecule has 6 rings (SSSR count). The molecule has 0 radical (unpaired) electrons. The number of ether oxygens (including phenoxy) is 1. The van der Waals surface area contributed by atoms with Crippen LogP contribution in [0, 0.1) is 23.2 Å². The summed E-state index contributed by atoms with van der Waals surface area (Å²) in [6.45, 7) is 1.03. The standard InChI is InChI=1S/C23H31NO3/c1-27-22-9-17-7-18(11-22)23(19(8-17)12-22,10-16-5-3-2-4-6-16)13-21(26)24-14-20(25)15-24/h2-6,17-20,25H,7-15H2,1H3/t17?,18?,19?,22-,23+. The lowest BCUT2D eigenvalue weighted by Gasteiger charge is -2.65. The van der Waals surface area contributed by atoms with Gasteiger partial charge in [-0.15, -0.1) is 0 Å². The van der Waals surface area contributed by atoms with Crippen LogP contribution in [0.25, 0.3) is 0 Å².